The third-order valence-corrected chi connectivity index (χ3v) is 5.13. The average Bonchev–Trinajstić information content (AvgIpc) is 3.11. The fourth-order valence-electron chi connectivity index (χ4n) is 3.61. The van der Waals surface area contributed by atoms with Gasteiger partial charge in [-0.25, -0.2) is 4.98 Å². The lowest BCUT2D eigenvalue weighted by Crippen LogP contribution is -2.26. The normalized spacial score (nSPS) is 12.1. The van der Waals surface area contributed by atoms with Gasteiger partial charge < -0.3 is 9.88 Å². The predicted molar refractivity (Wildman–Crippen MR) is 112 cm³/mol. The Morgan fingerprint density at radius 2 is 1.64 bits per heavy atom. The molecule has 4 aromatic rings. The molecular weight excluding hydrogens is 346 g/mol. The second-order valence-corrected chi connectivity index (χ2v) is 6.97. The van der Waals surface area contributed by atoms with Crippen LogP contribution in [0.1, 0.15) is 40.3 Å². The third-order valence-electron chi connectivity index (χ3n) is 5.13. The van der Waals surface area contributed by atoms with Crippen molar-refractivity contribution in [1.82, 2.24) is 14.9 Å². The van der Waals surface area contributed by atoms with Gasteiger partial charge in [0.05, 0.1) is 23.6 Å². The molecule has 4 rings (SSSR count). The highest BCUT2D eigenvalue weighted by Gasteiger charge is 2.18. The van der Waals surface area contributed by atoms with E-state index in [0.29, 0.717) is 12.1 Å². The van der Waals surface area contributed by atoms with E-state index < -0.39 is 0 Å². The summed E-state index contributed by atoms with van der Waals surface area (Å²) in [5.74, 6) is 0.767. The third kappa shape index (κ3) is 3.41. The number of fused-ring (bicyclic) bond motifs is 1. The van der Waals surface area contributed by atoms with E-state index in [2.05, 4.69) is 35.0 Å². The summed E-state index contributed by atoms with van der Waals surface area (Å²) in [6.45, 7) is 4.48. The van der Waals surface area contributed by atoms with Crippen LogP contribution in [0.15, 0.2) is 78.9 Å². The van der Waals surface area contributed by atoms with Gasteiger partial charge >= 0.3 is 0 Å². The molecule has 3 aromatic carbocycles. The molecule has 4 nitrogen and oxygen atoms in total. The van der Waals surface area contributed by atoms with Crippen molar-refractivity contribution in [3.63, 3.8) is 0 Å². The molecule has 0 radical (unpaired) electrons. The van der Waals surface area contributed by atoms with Crippen molar-refractivity contribution in [2.24, 2.45) is 0 Å². The predicted octanol–water partition coefficient (Wildman–Crippen LogP) is 4.88. The van der Waals surface area contributed by atoms with Crippen LogP contribution in [0.5, 0.6) is 0 Å². The molecule has 1 N–H and O–H groups in total. The van der Waals surface area contributed by atoms with Crippen molar-refractivity contribution in [3.8, 4) is 0 Å². The van der Waals surface area contributed by atoms with Gasteiger partial charge in [-0.05, 0) is 43.2 Å². The molecule has 4 heteroatoms. The molecule has 0 aliphatic rings. The number of carbonyl (C=O) groups excluding carboxylic acids is 1. The Kier molecular flexibility index (Phi) is 4.94. The second kappa shape index (κ2) is 7.69. The molecule has 1 amide bonds. The summed E-state index contributed by atoms with van der Waals surface area (Å²) in [5.41, 5.74) is 4.87. The molecule has 0 bridgehead atoms. The molecule has 140 valence electrons. The van der Waals surface area contributed by atoms with Crippen molar-refractivity contribution in [1.29, 1.82) is 0 Å². The minimum Gasteiger partial charge on any atom is -0.345 e. The number of rotatable bonds is 5. The zero-order valence-corrected chi connectivity index (χ0v) is 16.1. The maximum absolute atomic E-state index is 12.7. The first kappa shape index (κ1) is 18.0. The number of hydrogen-bond donors (Lipinski definition) is 1. The van der Waals surface area contributed by atoms with Crippen molar-refractivity contribution >= 4 is 16.9 Å². The highest BCUT2D eigenvalue weighted by atomic mass is 16.1. The van der Waals surface area contributed by atoms with Gasteiger partial charge in [0.25, 0.3) is 5.91 Å². The fourth-order valence-corrected chi connectivity index (χ4v) is 3.61. The molecule has 1 aromatic heterocycles. The summed E-state index contributed by atoms with van der Waals surface area (Å²) < 4.78 is 2.21. The highest BCUT2D eigenvalue weighted by Crippen LogP contribution is 2.26. The fraction of sp³-hybridized carbons (Fsp3) is 0.167. The van der Waals surface area contributed by atoms with Crippen molar-refractivity contribution in [2.75, 3.05) is 0 Å². The minimum atomic E-state index is -0.0796. The van der Waals surface area contributed by atoms with Gasteiger partial charge in [0.15, 0.2) is 0 Å². The molecule has 0 fully saturated rings. The summed E-state index contributed by atoms with van der Waals surface area (Å²) >= 11 is 0. The van der Waals surface area contributed by atoms with Crippen LogP contribution in [0, 0.1) is 6.92 Å². The average molecular weight is 369 g/mol. The van der Waals surface area contributed by atoms with Crippen LogP contribution >= 0.6 is 0 Å². The second-order valence-electron chi connectivity index (χ2n) is 6.97. The van der Waals surface area contributed by atoms with E-state index >= 15 is 0 Å². The van der Waals surface area contributed by atoms with E-state index in [9.17, 15) is 4.79 Å². The van der Waals surface area contributed by atoms with Gasteiger partial charge in [-0.1, -0.05) is 60.7 Å². The number of aromatic nitrogens is 2. The Hall–Kier alpha value is -3.40. The monoisotopic (exact) mass is 369 g/mol. The maximum atomic E-state index is 12.7. The molecule has 28 heavy (non-hydrogen) atoms. The van der Waals surface area contributed by atoms with Gasteiger partial charge in [-0.3, -0.25) is 4.79 Å². The van der Waals surface area contributed by atoms with E-state index in [1.54, 1.807) is 0 Å². The van der Waals surface area contributed by atoms with E-state index in [0.717, 1.165) is 22.4 Å². The van der Waals surface area contributed by atoms with Gasteiger partial charge in [0.1, 0.15) is 5.82 Å². The van der Waals surface area contributed by atoms with Crippen molar-refractivity contribution in [2.45, 2.75) is 26.4 Å². The summed E-state index contributed by atoms with van der Waals surface area (Å²) in [7, 11) is 0. The van der Waals surface area contributed by atoms with E-state index in [4.69, 9.17) is 4.98 Å². The van der Waals surface area contributed by atoms with Crippen molar-refractivity contribution in [3.05, 3.63) is 101 Å². The summed E-state index contributed by atoms with van der Waals surface area (Å²) in [6.07, 6.45) is 0. The molecule has 0 aliphatic carbocycles. The van der Waals surface area contributed by atoms with Crippen LogP contribution in [-0.4, -0.2) is 15.5 Å². The van der Waals surface area contributed by atoms with E-state index in [1.165, 1.54) is 5.56 Å². The number of carbonyl (C=O) groups is 1. The summed E-state index contributed by atoms with van der Waals surface area (Å²) in [5, 5.41) is 3.04. The SMILES string of the molecule is Cc1ccccc1C(=O)NCc1nc2ccccc2n1C(C)c1ccccc1. The molecule has 0 spiro atoms. The molecule has 0 aliphatic heterocycles. The number of nitrogens with one attached hydrogen (secondary N) is 1. The van der Waals surface area contributed by atoms with Crippen LogP contribution in [0.2, 0.25) is 0 Å². The van der Waals surface area contributed by atoms with Crippen LogP contribution in [0.25, 0.3) is 11.0 Å². The van der Waals surface area contributed by atoms with Gasteiger partial charge in [-0.15, -0.1) is 0 Å². The summed E-state index contributed by atoms with van der Waals surface area (Å²) in [6, 6.07) is 26.2. The van der Waals surface area contributed by atoms with Crippen molar-refractivity contribution < 1.29 is 4.79 Å². The first-order valence-corrected chi connectivity index (χ1v) is 9.50. The van der Waals surface area contributed by atoms with E-state index in [-0.39, 0.29) is 11.9 Å². The Labute approximate surface area is 164 Å². The van der Waals surface area contributed by atoms with Gasteiger partial charge in [0, 0.05) is 5.56 Å². The molecule has 1 atom stereocenters. The molecular formula is C24H23N3O. The zero-order chi connectivity index (χ0) is 19.5. The maximum Gasteiger partial charge on any atom is 0.251 e. The number of benzene rings is 3. The van der Waals surface area contributed by atoms with Crippen LogP contribution in [-0.2, 0) is 6.54 Å². The Bertz CT molecular complexity index is 1120. The molecule has 1 heterocycles. The Balaban J connectivity index is 1.67. The van der Waals surface area contributed by atoms with Gasteiger partial charge in [0.2, 0.25) is 0 Å². The standard InChI is InChI=1S/C24H23N3O/c1-17-10-6-7-13-20(17)24(28)25-16-23-26-21-14-8-9-15-22(21)27(23)18(2)19-11-4-3-5-12-19/h3-15,18H,16H2,1-2H3,(H,25,28). The lowest BCUT2D eigenvalue weighted by atomic mass is 10.1. The number of hydrogen-bond acceptors (Lipinski definition) is 2. The Morgan fingerprint density at radius 1 is 0.964 bits per heavy atom. The smallest absolute Gasteiger partial charge is 0.251 e. The summed E-state index contributed by atoms with van der Waals surface area (Å²) in [4.78, 5) is 17.5. The number of aryl methyl sites for hydroxylation is 1. The first-order valence-electron chi connectivity index (χ1n) is 9.50. The molecule has 0 saturated carbocycles. The van der Waals surface area contributed by atoms with E-state index in [1.807, 2.05) is 67.6 Å². The molecule has 0 saturated heterocycles. The Morgan fingerprint density at radius 3 is 2.43 bits per heavy atom. The van der Waals surface area contributed by atoms with Crippen LogP contribution < -0.4 is 5.32 Å². The topological polar surface area (TPSA) is 46.9 Å². The quantitative estimate of drug-likeness (QED) is 0.545. The largest absolute Gasteiger partial charge is 0.345 e. The number of amides is 1. The number of para-hydroxylation sites is 2. The van der Waals surface area contributed by atoms with Crippen LogP contribution in [0.4, 0.5) is 0 Å². The number of nitrogens with zero attached hydrogens (tertiary/aromatic N) is 2. The zero-order valence-electron chi connectivity index (χ0n) is 16.1. The number of imidazole rings is 1. The lowest BCUT2D eigenvalue weighted by Gasteiger charge is -2.18. The lowest BCUT2D eigenvalue weighted by molar-refractivity contribution is 0.0949. The van der Waals surface area contributed by atoms with Crippen LogP contribution in [0.3, 0.4) is 0 Å². The highest BCUT2D eigenvalue weighted by molar-refractivity contribution is 5.95. The minimum absolute atomic E-state index is 0.0796. The van der Waals surface area contributed by atoms with Gasteiger partial charge in [-0.2, -0.15) is 0 Å². The first-order chi connectivity index (χ1) is 13.6. The molecule has 1 unspecified atom stereocenters.